The normalized spacial score (nSPS) is 11.3. The van der Waals surface area contributed by atoms with Gasteiger partial charge < -0.3 is 4.52 Å². The van der Waals surface area contributed by atoms with E-state index in [2.05, 4.69) is 0 Å². The number of nitrogens with zero attached hydrogens (tertiary/aromatic N) is 1. The molecule has 6 nitrogen and oxygen atoms in total. The average Bonchev–Trinajstić information content (AvgIpc) is 2.28. The molecule has 0 aliphatic carbocycles. The molecule has 0 radical (unpaired) electrons. The maximum absolute atomic E-state index is 11.0. The van der Waals surface area contributed by atoms with Crippen molar-refractivity contribution in [3.63, 3.8) is 0 Å². The van der Waals surface area contributed by atoms with Gasteiger partial charge in [0.05, 0.1) is 18.1 Å². The minimum absolute atomic E-state index is 0.0789. The SMILES string of the molecule is CCOP(=S)(OCC)Oc1cc(C)ccc1[N+](=O)[O-]. The summed E-state index contributed by atoms with van der Waals surface area (Å²) in [5.74, 6) is 0.0789. The fourth-order valence-electron chi connectivity index (χ4n) is 1.37. The van der Waals surface area contributed by atoms with Crippen LogP contribution in [0.5, 0.6) is 5.75 Å². The molecule has 0 unspecified atom stereocenters. The number of nitro groups is 1. The Hall–Kier alpha value is -1.01. The number of rotatable bonds is 7. The van der Waals surface area contributed by atoms with Crippen molar-refractivity contribution in [2.24, 2.45) is 0 Å². The first-order chi connectivity index (χ1) is 8.91. The third kappa shape index (κ3) is 4.54. The quantitative estimate of drug-likeness (QED) is 0.435. The summed E-state index contributed by atoms with van der Waals surface area (Å²) in [4.78, 5) is 10.4. The molecule has 19 heavy (non-hydrogen) atoms. The Labute approximate surface area is 117 Å². The fraction of sp³-hybridized carbons (Fsp3) is 0.455. The maximum Gasteiger partial charge on any atom is 0.380 e. The van der Waals surface area contributed by atoms with Gasteiger partial charge in [-0.3, -0.25) is 19.2 Å². The minimum atomic E-state index is -3.00. The van der Waals surface area contributed by atoms with Gasteiger partial charge in [0.2, 0.25) is 5.75 Å². The van der Waals surface area contributed by atoms with Crippen LogP contribution in [0.15, 0.2) is 18.2 Å². The number of hydrogen-bond acceptors (Lipinski definition) is 6. The van der Waals surface area contributed by atoms with E-state index in [-0.39, 0.29) is 11.4 Å². The highest BCUT2D eigenvalue weighted by Crippen LogP contribution is 2.51. The van der Waals surface area contributed by atoms with E-state index in [1.807, 2.05) is 0 Å². The molecule has 8 heteroatoms. The topological polar surface area (TPSA) is 70.8 Å². The van der Waals surface area contributed by atoms with Crippen molar-refractivity contribution < 1.29 is 18.5 Å². The van der Waals surface area contributed by atoms with Gasteiger partial charge in [-0.25, -0.2) is 0 Å². The van der Waals surface area contributed by atoms with Crippen molar-refractivity contribution in [3.05, 3.63) is 33.9 Å². The average molecular weight is 305 g/mol. The maximum atomic E-state index is 11.0. The highest BCUT2D eigenvalue weighted by Gasteiger charge is 2.26. The summed E-state index contributed by atoms with van der Waals surface area (Å²) >= 11 is 5.19. The lowest BCUT2D eigenvalue weighted by Crippen LogP contribution is -2.04. The number of nitro benzene ring substituents is 1. The molecule has 0 aromatic heterocycles. The number of aryl methyl sites for hydroxylation is 1. The molecule has 0 saturated carbocycles. The first kappa shape index (κ1) is 16.0. The van der Waals surface area contributed by atoms with E-state index in [0.717, 1.165) is 5.56 Å². The monoisotopic (exact) mass is 305 g/mol. The Morgan fingerprint density at radius 2 is 1.89 bits per heavy atom. The Kier molecular flexibility index (Phi) is 5.87. The van der Waals surface area contributed by atoms with Gasteiger partial charge in [0, 0.05) is 17.9 Å². The van der Waals surface area contributed by atoms with Gasteiger partial charge in [-0.2, -0.15) is 0 Å². The van der Waals surface area contributed by atoms with Crippen molar-refractivity contribution in [1.82, 2.24) is 0 Å². The van der Waals surface area contributed by atoms with Crippen LogP contribution in [0.4, 0.5) is 5.69 Å². The van der Waals surface area contributed by atoms with E-state index in [1.165, 1.54) is 6.07 Å². The second-order valence-electron chi connectivity index (χ2n) is 3.60. The van der Waals surface area contributed by atoms with E-state index in [1.54, 1.807) is 32.9 Å². The smallest absolute Gasteiger partial charge is 0.380 e. The Balaban J connectivity index is 3.11. The third-order valence-corrected chi connectivity index (χ3v) is 4.52. The van der Waals surface area contributed by atoms with Crippen molar-refractivity contribution in [2.75, 3.05) is 13.2 Å². The van der Waals surface area contributed by atoms with Crippen LogP contribution >= 0.6 is 6.72 Å². The van der Waals surface area contributed by atoms with Gasteiger partial charge in [0.15, 0.2) is 0 Å². The molecule has 0 amide bonds. The van der Waals surface area contributed by atoms with Crippen molar-refractivity contribution >= 4 is 24.2 Å². The molecule has 0 aliphatic rings. The second-order valence-corrected chi connectivity index (χ2v) is 6.54. The van der Waals surface area contributed by atoms with Crippen LogP contribution in [-0.2, 0) is 20.9 Å². The summed E-state index contributed by atoms with van der Waals surface area (Å²) in [7, 11) is 0. The molecular formula is C11H16NO5PS. The van der Waals surface area contributed by atoms with E-state index in [9.17, 15) is 10.1 Å². The fourth-order valence-corrected chi connectivity index (χ4v) is 3.44. The van der Waals surface area contributed by atoms with Crippen LogP contribution in [0.3, 0.4) is 0 Å². The van der Waals surface area contributed by atoms with E-state index in [0.29, 0.717) is 13.2 Å². The Bertz CT molecular complexity index is 498. The van der Waals surface area contributed by atoms with E-state index < -0.39 is 11.6 Å². The second kappa shape index (κ2) is 6.96. The lowest BCUT2D eigenvalue weighted by Gasteiger charge is -2.20. The van der Waals surface area contributed by atoms with Crippen LogP contribution in [0.25, 0.3) is 0 Å². The molecule has 1 aromatic carbocycles. The van der Waals surface area contributed by atoms with Crippen LogP contribution in [0, 0.1) is 17.0 Å². The minimum Gasteiger partial charge on any atom is -0.417 e. The van der Waals surface area contributed by atoms with Crippen molar-refractivity contribution in [3.8, 4) is 5.75 Å². The Morgan fingerprint density at radius 3 is 2.37 bits per heavy atom. The van der Waals surface area contributed by atoms with Gasteiger partial charge in [-0.05, 0) is 32.4 Å². The number of benzene rings is 1. The first-order valence-corrected chi connectivity index (χ1v) is 8.31. The predicted octanol–water partition coefficient (Wildman–Crippen LogP) is 3.58. The van der Waals surface area contributed by atoms with E-state index in [4.69, 9.17) is 25.4 Å². The number of hydrogen-bond donors (Lipinski definition) is 0. The molecule has 0 saturated heterocycles. The van der Waals surface area contributed by atoms with Gasteiger partial charge >= 0.3 is 12.4 Å². The lowest BCUT2D eigenvalue weighted by molar-refractivity contribution is -0.385. The molecule has 1 aromatic rings. The zero-order valence-electron chi connectivity index (χ0n) is 11.0. The molecule has 0 bridgehead atoms. The zero-order valence-corrected chi connectivity index (χ0v) is 12.7. The first-order valence-electron chi connectivity index (χ1n) is 5.75. The molecule has 0 spiro atoms. The molecule has 0 aliphatic heterocycles. The van der Waals surface area contributed by atoms with Crippen LogP contribution in [-0.4, -0.2) is 18.1 Å². The zero-order chi connectivity index (χ0) is 14.5. The molecule has 1 rings (SSSR count). The third-order valence-electron chi connectivity index (χ3n) is 2.10. The molecule has 0 N–H and O–H groups in total. The summed E-state index contributed by atoms with van der Waals surface area (Å²) in [6.45, 7) is 2.96. The van der Waals surface area contributed by atoms with Gasteiger partial charge in [0.25, 0.3) is 0 Å². The van der Waals surface area contributed by atoms with Crippen molar-refractivity contribution in [1.29, 1.82) is 0 Å². The van der Waals surface area contributed by atoms with Gasteiger partial charge in [0.1, 0.15) is 0 Å². The van der Waals surface area contributed by atoms with E-state index >= 15 is 0 Å². The summed E-state index contributed by atoms with van der Waals surface area (Å²) in [6.07, 6.45) is 0. The summed E-state index contributed by atoms with van der Waals surface area (Å²) in [6, 6.07) is 4.56. The van der Waals surface area contributed by atoms with Crippen LogP contribution < -0.4 is 4.52 Å². The Morgan fingerprint density at radius 1 is 1.32 bits per heavy atom. The molecule has 0 fully saturated rings. The molecule has 0 heterocycles. The van der Waals surface area contributed by atoms with Crippen LogP contribution in [0.2, 0.25) is 0 Å². The standard InChI is InChI=1S/C11H16NO5PS/c1-4-15-18(19,16-5-2)17-11-8-9(3)6-7-10(11)12(13)14/h6-8H,4-5H2,1-3H3. The highest BCUT2D eigenvalue weighted by atomic mass is 32.5. The van der Waals surface area contributed by atoms with Crippen molar-refractivity contribution in [2.45, 2.75) is 20.8 Å². The predicted molar refractivity (Wildman–Crippen MR) is 76.0 cm³/mol. The van der Waals surface area contributed by atoms with Crippen LogP contribution in [0.1, 0.15) is 19.4 Å². The van der Waals surface area contributed by atoms with Gasteiger partial charge in [-0.15, -0.1) is 0 Å². The van der Waals surface area contributed by atoms with Gasteiger partial charge in [-0.1, -0.05) is 6.07 Å². The largest absolute Gasteiger partial charge is 0.417 e. The summed E-state index contributed by atoms with van der Waals surface area (Å²) in [5.41, 5.74) is 0.675. The summed E-state index contributed by atoms with van der Waals surface area (Å²) in [5, 5.41) is 11.0. The highest BCUT2D eigenvalue weighted by molar-refractivity contribution is 8.07. The molecular weight excluding hydrogens is 289 g/mol. The molecule has 106 valence electrons. The molecule has 0 atom stereocenters. The lowest BCUT2D eigenvalue weighted by atomic mass is 10.2. The summed E-state index contributed by atoms with van der Waals surface area (Å²) < 4.78 is 16.1.